The highest BCUT2D eigenvalue weighted by Crippen LogP contribution is 2.16. The minimum atomic E-state index is -0.145. The Morgan fingerprint density at radius 2 is 2.22 bits per heavy atom. The average Bonchev–Trinajstić information content (AvgIpc) is 2.34. The van der Waals surface area contributed by atoms with Crippen LogP contribution in [-0.4, -0.2) is 30.0 Å². The first kappa shape index (κ1) is 14.0. The van der Waals surface area contributed by atoms with Crippen molar-refractivity contribution in [1.82, 2.24) is 4.90 Å². The summed E-state index contributed by atoms with van der Waals surface area (Å²) in [5.74, 6) is 0.525. The van der Waals surface area contributed by atoms with E-state index in [2.05, 4.69) is 0 Å². The van der Waals surface area contributed by atoms with Gasteiger partial charge in [0.05, 0.1) is 12.2 Å². The molecule has 0 aliphatic carbocycles. The molecule has 0 aliphatic heterocycles. The third-order valence-corrected chi connectivity index (χ3v) is 2.38. The van der Waals surface area contributed by atoms with Crippen LogP contribution in [0.2, 0.25) is 0 Å². The SMILES string of the molecule is CCN(CC#N)C(=O)c1cccc(OC(C)C)c1. The summed E-state index contributed by atoms with van der Waals surface area (Å²) in [5.41, 5.74) is 0.547. The van der Waals surface area contributed by atoms with Crippen LogP contribution < -0.4 is 4.74 Å². The Balaban J connectivity index is 2.89. The fraction of sp³-hybridized carbons (Fsp3) is 0.429. The Kier molecular flexibility index (Phi) is 5.19. The van der Waals surface area contributed by atoms with Crippen LogP contribution in [0.1, 0.15) is 31.1 Å². The molecule has 0 bridgehead atoms. The second-order valence-corrected chi connectivity index (χ2v) is 4.17. The van der Waals surface area contributed by atoms with E-state index in [1.165, 1.54) is 4.90 Å². The van der Waals surface area contributed by atoms with Crippen molar-refractivity contribution in [2.45, 2.75) is 26.9 Å². The molecule has 1 aromatic carbocycles. The topological polar surface area (TPSA) is 53.3 Å². The zero-order valence-electron chi connectivity index (χ0n) is 11.0. The van der Waals surface area contributed by atoms with Gasteiger partial charge in [-0.2, -0.15) is 5.26 Å². The van der Waals surface area contributed by atoms with Crippen LogP contribution >= 0.6 is 0 Å². The number of rotatable bonds is 5. The molecular weight excluding hydrogens is 228 g/mol. The maximum absolute atomic E-state index is 12.1. The Morgan fingerprint density at radius 1 is 1.50 bits per heavy atom. The van der Waals surface area contributed by atoms with Gasteiger partial charge in [0.1, 0.15) is 12.3 Å². The highest BCUT2D eigenvalue weighted by atomic mass is 16.5. The number of benzene rings is 1. The summed E-state index contributed by atoms with van der Waals surface area (Å²) in [6, 6.07) is 9.03. The normalized spacial score (nSPS) is 9.94. The maximum atomic E-state index is 12.1. The number of nitriles is 1. The zero-order chi connectivity index (χ0) is 13.5. The van der Waals surface area contributed by atoms with Crippen molar-refractivity contribution >= 4 is 5.91 Å². The van der Waals surface area contributed by atoms with E-state index < -0.39 is 0 Å². The summed E-state index contributed by atoms with van der Waals surface area (Å²) < 4.78 is 5.54. The van der Waals surface area contributed by atoms with Crippen LogP contribution in [-0.2, 0) is 0 Å². The zero-order valence-corrected chi connectivity index (χ0v) is 11.0. The minimum absolute atomic E-state index is 0.0664. The predicted molar refractivity (Wildman–Crippen MR) is 69.4 cm³/mol. The second kappa shape index (κ2) is 6.65. The van der Waals surface area contributed by atoms with Crippen molar-refractivity contribution in [3.8, 4) is 11.8 Å². The molecule has 4 nitrogen and oxygen atoms in total. The van der Waals surface area contributed by atoms with Crippen LogP contribution in [0, 0.1) is 11.3 Å². The lowest BCUT2D eigenvalue weighted by Crippen LogP contribution is -2.31. The molecule has 0 fully saturated rings. The van der Waals surface area contributed by atoms with Gasteiger partial charge >= 0.3 is 0 Å². The quantitative estimate of drug-likeness (QED) is 0.750. The molecular formula is C14H18N2O2. The molecule has 0 spiro atoms. The molecule has 4 heteroatoms. The lowest BCUT2D eigenvalue weighted by Gasteiger charge is -2.18. The molecule has 96 valence electrons. The number of hydrogen-bond acceptors (Lipinski definition) is 3. The molecule has 0 heterocycles. The van der Waals surface area contributed by atoms with Gasteiger partial charge in [-0.1, -0.05) is 6.07 Å². The fourth-order valence-corrected chi connectivity index (χ4v) is 1.57. The van der Waals surface area contributed by atoms with E-state index >= 15 is 0 Å². The monoisotopic (exact) mass is 246 g/mol. The van der Waals surface area contributed by atoms with Gasteiger partial charge in [-0.15, -0.1) is 0 Å². The molecule has 0 saturated carbocycles. The number of hydrogen-bond donors (Lipinski definition) is 0. The molecule has 0 saturated heterocycles. The van der Waals surface area contributed by atoms with Gasteiger partial charge in [0.2, 0.25) is 0 Å². The second-order valence-electron chi connectivity index (χ2n) is 4.17. The van der Waals surface area contributed by atoms with E-state index in [-0.39, 0.29) is 18.6 Å². The summed E-state index contributed by atoms with van der Waals surface area (Å²) in [6.45, 7) is 6.33. The van der Waals surface area contributed by atoms with Gasteiger partial charge in [-0.3, -0.25) is 4.79 Å². The number of carbonyl (C=O) groups is 1. The van der Waals surface area contributed by atoms with Gasteiger partial charge in [0.25, 0.3) is 5.91 Å². The van der Waals surface area contributed by atoms with Crippen molar-refractivity contribution in [2.24, 2.45) is 0 Å². The molecule has 1 aromatic rings. The van der Waals surface area contributed by atoms with Gasteiger partial charge in [0, 0.05) is 12.1 Å². The molecule has 0 atom stereocenters. The van der Waals surface area contributed by atoms with E-state index in [0.29, 0.717) is 17.9 Å². The van der Waals surface area contributed by atoms with Gasteiger partial charge in [0.15, 0.2) is 0 Å². The van der Waals surface area contributed by atoms with Crippen molar-refractivity contribution in [1.29, 1.82) is 5.26 Å². The van der Waals surface area contributed by atoms with Crippen LogP contribution in [0.5, 0.6) is 5.75 Å². The third-order valence-electron chi connectivity index (χ3n) is 2.38. The first-order valence-corrected chi connectivity index (χ1v) is 6.01. The molecule has 0 aliphatic rings. The number of carbonyl (C=O) groups excluding carboxylic acids is 1. The van der Waals surface area contributed by atoms with Crippen molar-refractivity contribution in [3.63, 3.8) is 0 Å². The average molecular weight is 246 g/mol. The Labute approximate surface area is 108 Å². The van der Waals surface area contributed by atoms with E-state index in [1.807, 2.05) is 32.9 Å². The summed E-state index contributed by atoms with van der Waals surface area (Å²) >= 11 is 0. The molecule has 0 N–H and O–H groups in total. The Bertz CT molecular complexity index is 449. The smallest absolute Gasteiger partial charge is 0.254 e. The Morgan fingerprint density at radius 3 is 2.78 bits per heavy atom. The lowest BCUT2D eigenvalue weighted by atomic mass is 10.2. The van der Waals surface area contributed by atoms with Crippen molar-refractivity contribution < 1.29 is 9.53 Å². The van der Waals surface area contributed by atoms with Crippen LogP contribution in [0.3, 0.4) is 0 Å². The van der Waals surface area contributed by atoms with E-state index in [1.54, 1.807) is 18.2 Å². The minimum Gasteiger partial charge on any atom is -0.491 e. The fourth-order valence-electron chi connectivity index (χ4n) is 1.57. The number of amides is 1. The molecule has 0 unspecified atom stereocenters. The van der Waals surface area contributed by atoms with E-state index in [0.717, 1.165) is 0 Å². The number of ether oxygens (including phenoxy) is 1. The molecule has 1 rings (SSSR count). The van der Waals surface area contributed by atoms with Crippen molar-refractivity contribution in [2.75, 3.05) is 13.1 Å². The summed E-state index contributed by atoms with van der Waals surface area (Å²) in [4.78, 5) is 13.6. The van der Waals surface area contributed by atoms with E-state index in [9.17, 15) is 4.79 Å². The highest BCUT2D eigenvalue weighted by molar-refractivity contribution is 5.94. The molecule has 0 radical (unpaired) electrons. The Hall–Kier alpha value is -2.02. The van der Waals surface area contributed by atoms with Gasteiger partial charge in [-0.05, 0) is 39.0 Å². The van der Waals surface area contributed by atoms with Crippen LogP contribution in [0.25, 0.3) is 0 Å². The number of nitrogens with zero attached hydrogens (tertiary/aromatic N) is 2. The standard InChI is InChI=1S/C14H18N2O2/c1-4-16(9-8-15)14(17)12-6-5-7-13(10-12)18-11(2)3/h5-7,10-11H,4,9H2,1-3H3. The third kappa shape index (κ3) is 3.77. The first-order valence-electron chi connectivity index (χ1n) is 6.01. The van der Waals surface area contributed by atoms with Gasteiger partial charge < -0.3 is 9.64 Å². The largest absolute Gasteiger partial charge is 0.491 e. The molecule has 0 aromatic heterocycles. The highest BCUT2D eigenvalue weighted by Gasteiger charge is 2.14. The summed E-state index contributed by atoms with van der Waals surface area (Å²) in [5, 5.41) is 8.67. The summed E-state index contributed by atoms with van der Waals surface area (Å²) in [6.07, 6.45) is 0.0664. The maximum Gasteiger partial charge on any atom is 0.254 e. The van der Waals surface area contributed by atoms with E-state index in [4.69, 9.17) is 10.00 Å². The first-order chi connectivity index (χ1) is 8.58. The summed E-state index contributed by atoms with van der Waals surface area (Å²) in [7, 11) is 0. The lowest BCUT2D eigenvalue weighted by molar-refractivity contribution is 0.0783. The predicted octanol–water partition coefficient (Wildman–Crippen LogP) is 2.46. The van der Waals surface area contributed by atoms with Crippen LogP contribution in [0.4, 0.5) is 0 Å². The molecule has 1 amide bonds. The van der Waals surface area contributed by atoms with Crippen molar-refractivity contribution in [3.05, 3.63) is 29.8 Å². The van der Waals surface area contributed by atoms with Gasteiger partial charge in [-0.25, -0.2) is 0 Å². The molecule has 18 heavy (non-hydrogen) atoms. The van der Waals surface area contributed by atoms with Crippen LogP contribution in [0.15, 0.2) is 24.3 Å².